The Morgan fingerprint density at radius 2 is 1.69 bits per heavy atom. The number of unbranched alkanes of at least 4 members (excludes halogenated alkanes) is 3. The first-order valence-corrected chi connectivity index (χ1v) is 6.36. The van der Waals surface area contributed by atoms with E-state index >= 15 is 0 Å². The molecule has 1 aliphatic rings. The fraction of sp³-hybridized carbons (Fsp3) is 1.00. The fourth-order valence-electron chi connectivity index (χ4n) is 2.67. The Kier molecular flexibility index (Phi) is 5.50. The first kappa shape index (κ1) is 11.1. The van der Waals surface area contributed by atoms with Gasteiger partial charge < -0.3 is 0 Å². The molecule has 0 bridgehead atoms. The van der Waals surface area contributed by atoms with Gasteiger partial charge in [-0.1, -0.05) is 65.2 Å². The van der Waals surface area contributed by atoms with Crippen LogP contribution in [0.3, 0.4) is 0 Å². The SMILES string of the molecule is CCCCCCC1CC[C@@H](CC)C1. The Morgan fingerprint density at radius 3 is 2.31 bits per heavy atom. The lowest BCUT2D eigenvalue weighted by Crippen LogP contribution is -1.95. The third kappa shape index (κ3) is 4.15. The molecule has 0 aromatic carbocycles. The Balaban J connectivity index is 1.97. The highest BCUT2D eigenvalue weighted by Crippen LogP contribution is 2.35. The zero-order valence-electron chi connectivity index (χ0n) is 9.52. The van der Waals surface area contributed by atoms with E-state index in [4.69, 9.17) is 0 Å². The first-order valence-electron chi connectivity index (χ1n) is 6.36. The van der Waals surface area contributed by atoms with Gasteiger partial charge >= 0.3 is 0 Å². The summed E-state index contributed by atoms with van der Waals surface area (Å²) in [5, 5.41) is 0. The molecule has 13 heavy (non-hydrogen) atoms. The molecule has 0 aliphatic heterocycles. The van der Waals surface area contributed by atoms with Crippen LogP contribution in [0.25, 0.3) is 0 Å². The Morgan fingerprint density at radius 1 is 0.923 bits per heavy atom. The number of hydrogen-bond acceptors (Lipinski definition) is 0. The van der Waals surface area contributed by atoms with Crippen LogP contribution < -0.4 is 0 Å². The summed E-state index contributed by atoms with van der Waals surface area (Å²) in [4.78, 5) is 0. The largest absolute Gasteiger partial charge is 0.0654 e. The smallest absolute Gasteiger partial charge is 0.0412 e. The highest BCUT2D eigenvalue weighted by atomic mass is 14.3. The molecule has 0 radical (unpaired) electrons. The molecule has 78 valence electrons. The molecule has 1 saturated carbocycles. The van der Waals surface area contributed by atoms with Crippen LogP contribution in [-0.4, -0.2) is 0 Å². The van der Waals surface area contributed by atoms with Crippen molar-refractivity contribution in [3.05, 3.63) is 0 Å². The minimum Gasteiger partial charge on any atom is -0.0654 e. The summed E-state index contributed by atoms with van der Waals surface area (Å²) in [6.45, 7) is 4.65. The van der Waals surface area contributed by atoms with Gasteiger partial charge in [0, 0.05) is 0 Å². The Bertz CT molecular complexity index is 117. The van der Waals surface area contributed by atoms with Crippen molar-refractivity contribution >= 4 is 0 Å². The predicted octanol–water partition coefficient (Wildman–Crippen LogP) is 4.78. The van der Waals surface area contributed by atoms with Crippen molar-refractivity contribution in [2.75, 3.05) is 0 Å². The van der Waals surface area contributed by atoms with E-state index < -0.39 is 0 Å². The molecule has 0 heterocycles. The second kappa shape index (κ2) is 6.45. The highest BCUT2D eigenvalue weighted by Gasteiger charge is 2.22. The monoisotopic (exact) mass is 182 g/mol. The minimum atomic E-state index is 1.08. The summed E-state index contributed by atoms with van der Waals surface area (Å²) in [7, 11) is 0. The molecule has 1 rings (SSSR count). The third-order valence-corrected chi connectivity index (χ3v) is 3.69. The van der Waals surface area contributed by atoms with Gasteiger partial charge in [-0.3, -0.25) is 0 Å². The molecule has 0 aromatic heterocycles. The summed E-state index contributed by atoms with van der Waals surface area (Å²) in [6, 6.07) is 0. The predicted molar refractivity (Wildman–Crippen MR) is 59.9 cm³/mol. The van der Waals surface area contributed by atoms with Gasteiger partial charge in [0.25, 0.3) is 0 Å². The first-order chi connectivity index (χ1) is 6.36. The summed E-state index contributed by atoms with van der Waals surface area (Å²) < 4.78 is 0. The van der Waals surface area contributed by atoms with Crippen LogP contribution in [0.2, 0.25) is 0 Å². The topological polar surface area (TPSA) is 0 Å². The molecule has 1 fully saturated rings. The van der Waals surface area contributed by atoms with Gasteiger partial charge in [-0.2, -0.15) is 0 Å². The van der Waals surface area contributed by atoms with Gasteiger partial charge in [-0.25, -0.2) is 0 Å². The lowest BCUT2D eigenvalue weighted by Gasteiger charge is -2.09. The molecule has 1 aliphatic carbocycles. The van der Waals surface area contributed by atoms with Crippen molar-refractivity contribution in [2.24, 2.45) is 11.8 Å². The van der Waals surface area contributed by atoms with E-state index in [0.717, 1.165) is 11.8 Å². The molecule has 0 saturated heterocycles. The van der Waals surface area contributed by atoms with E-state index in [9.17, 15) is 0 Å². The Labute approximate surface area is 84.1 Å². The Hall–Kier alpha value is 0. The van der Waals surface area contributed by atoms with Crippen molar-refractivity contribution < 1.29 is 0 Å². The van der Waals surface area contributed by atoms with Gasteiger partial charge in [0.2, 0.25) is 0 Å². The standard InChI is InChI=1S/C13H26/c1-3-5-6-7-8-13-10-9-12(4-2)11-13/h12-13H,3-11H2,1-2H3/t12-,13?/m1/s1. The zero-order chi connectivity index (χ0) is 9.52. The van der Waals surface area contributed by atoms with E-state index in [-0.39, 0.29) is 0 Å². The summed E-state index contributed by atoms with van der Waals surface area (Å²) in [5.41, 5.74) is 0. The van der Waals surface area contributed by atoms with Crippen LogP contribution in [0.15, 0.2) is 0 Å². The highest BCUT2D eigenvalue weighted by molar-refractivity contribution is 4.74. The molecule has 2 atom stereocenters. The van der Waals surface area contributed by atoms with Gasteiger partial charge in [-0.05, 0) is 18.3 Å². The number of rotatable bonds is 6. The third-order valence-electron chi connectivity index (χ3n) is 3.69. The van der Waals surface area contributed by atoms with Crippen LogP contribution >= 0.6 is 0 Å². The van der Waals surface area contributed by atoms with E-state index in [0.29, 0.717) is 0 Å². The van der Waals surface area contributed by atoms with Gasteiger partial charge in [0.1, 0.15) is 0 Å². The second-order valence-electron chi connectivity index (χ2n) is 4.80. The maximum Gasteiger partial charge on any atom is -0.0412 e. The summed E-state index contributed by atoms with van der Waals surface area (Å²) in [5.74, 6) is 2.18. The maximum absolute atomic E-state index is 2.35. The molecule has 0 aromatic rings. The maximum atomic E-state index is 2.35. The van der Waals surface area contributed by atoms with Crippen LogP contribution in [0, 0.1) is 11.8 Å². The van der Waals surface area contributed by atoms with Crippen molar-refractivity contribution in [1.29, 1.82) is 0 Å². The van der Waals surface area contributed by atoms with Crippen LogP contribution in [-0.2, 0) is 0 Å². The number of hydrogen-bond donors (Lipinski definition) is 0. The lowest BCUT2D eigenvalue weighted by molar-refractivity contribution is 0.436. The zero-order valence-corrected chi connectivity index (χ0v) is 9.52. The van der Waals surface area contributed by atoms with Crippen molar-refractivity contribution in [1.82, 2.24) is 0 Å². The average Bonchev–Trinajstić information content (AvgIpc) is 2.60. The van der Waals surface area contributed by atoms with Crippen molar-refractivity contribution in [2.45, 2.75) is 71.6 Å². The molecular formula is C13H26. The molecule has 0 amide bonds. The van der Waals surface area contributed by atoms with Crippen LogP contribution in [0.5, 0.6) is 0 Å². The molecule has 0 nitrogen and oxygen atoms in total. The lowest BCUT2D eigenvalue weighted by atomic mass is 9.97. The van der Waals surface area contributed by atoms with E-state index in [1.54, 1.807) is 6.42 Å². The average molecular weight is 182 g/mol. The van der Waals surface area contributed by atoms with Gasteiger partial charge in [0.05, 0.1) is 0 Å². The molecule has 0 heteroatoms. The van der Waals surface area contributed by atoms with Crippen LogP contribution in [0.4, 0.5) is 0 Å². The van der Waals surface area contributed by atoms with Crippen molar-refractivity contribution in [3.8, 4) is 0 Å². The van der Waals surface area contributed by atoms with Gasteiger partial charge in [-0.15, -0.1) is 0 Å². The summed E-state index contributed by atoms with van der Waals surface area (Å²) >= 11 is 0. The van der Waals surface area contributed by atoms with E-state index in [1.807, 2.05) is 0 Å². The van der Waals surface area contributed by atoms with Gasteiger partial charge in [0.15, 0.2) is 0 Å². The normalized spacial score (nSPS) is 28.2. The molecular weight excluding hydrogens is 156 g/mol. The molecule has 0 spiro atoms. The quantitative estimate of drug-likeness (QED) is 0.518. The summed E-state index contributed by atoms with van der Waals surface area (Å²) in [6.07, 6.45) is 13.3. The molecule has 0 N–H and O–H groups in total. The minimum absolute atomic E-state index is 1.08. The van der Waals surface area contributed by atoms with Crippen molar-refractivity contribution in [3.63, 3.8) is 0 Å². The fourth-order valence-corrected chi connectivity index (χ4v) is 2.67. The molecule has 1 unspecified atom stereocenters. The van der Waals surface area contributed by atoms with E-state index in [2.05, 4.69) is 13.8 Å². The van der Waals surface area contributed by atoms with Crippen LogP contribution in [0.1, 0.15) is 71.6 Å². The second-order valence-corrected chi connectivity index (χ2v) is 4.80. The van der Waals surface area contributed by atoms with E-state index in [1.165, 1.54) is 51.4 Å².